The number of H-pyrrole nitrogens is 2. The van der Waals surface area contributed by atoms with Gasteiger partial charge in [-0.1, -0.05) is 25.1 Å². The number of carbonyl (C=O) groups excluding carboxylic acids is 1. The van der Waals surface area contributed by atoms with E-state index in [1.54, 1.807) is 18.2 Å². The van der Waals surface area contributed by atoms with Gasteiger partial charge in [0.15, 0.2) is 11.0 Å². The van der Waals surface area contributed by atoms with Gasteiger partial charge in [-0.15, -0.1) is 21.5 Å². The molecule has 4 aromatic rings. The van der Waals surface area contributed by atoms with Crippen molar-refractivity contribution in [2.24, 2.45) is 13.0 Å². The third-order valence-corrected chi connectivity index (χ3v) is 8.62. The molecule has 0 aliphatic heterocycles. The van der Waals surface area contributed by atoms with E-state index in [2.05, 4.69) is 38.5 Å². The molecule has 0 saturated heterocycles. The van der Waals surface area contributed by atoms with Crippen LogP contribution in [0.25, 0.3) is 21.7 Å². The fraction of sp³-hybridized carbons (Fsp3) is 0.391. The maximum atomic E-state index is 12.8. The van der Waals surface area contributed by atoms with E-state index in [1.165, 1.54) is 35.0 Å². The van der Waals surface area contributed by atoms with Gasteiger partial charge >= 0.3 is 5.69 Å². The molecular formula is C23H26N6O2S2. The topological polar surface area (TPSA) is 108 Å². The molecule has 0 bridgehead atoms. The van der Waals surface area contributed by atoms with Gasteiger partial charge in [0, 0.05) is 17.6 Å². The fourth-order valence-corrected chi connectivity index (χ4v) is 6.30. The lowest BCUT2D eigenvalue weighted by atomic mass is 9.87. The molecule has 0 fully saturated rings. The van der Waals surface area contributed by atoms with Gasteiger partial charge in [0.05, 0.1) is 21.2 Å². The summed E-state index contributed by atoms with van der Waals surface area (Å²) in [6.07, 6.45) is 4.80. The third-order valence-electron chi connectivity index (χ3n) is 6.25. The van der Waals surface area contributed by atoms with E-state index in [9.17, 15) is 9.59 Å². The zero-order valence-corrected chi connectivity index (χ0v) is 20.4. The van der Waals surface area contributed by atoms with Gasteiger partial charge in [-0.25, -0.2) is 4.79 Å². The molecule has 3 N–H and O–H groups in total. The van der Waals surface area contributed by atoms with Gasteiger partial charge in [-0.05, 0) is 61.9 Å². The van der Waals surface area contributed by atoms with Crippen LogP contribution in [0.1, 0.15) is 37.1 Å². The first kappa shape index (κ1) is 22.0. The van der Waals surface area contributed by atoms with Crippen LogP contribution < -0.4 is 11.0 Å². The minimum atomic E-state index is -0.372. The largest absolute Gasteiger partial charge is 0.325 e. The second-order valence-electron chi connectivity index (χ2n) is 8.53. The average Bonchev–Trinajstić information content (AvgIpc) is 3.48. The number of benzene rings is 1. The number of thiophene rings is 1. The van der Waals surface area contributed by atoms with Gasteiger partial charge < -0.3 is 19.9 Å². The highest BCUT2D eigenvalue weighted by atomic mass is 32.2. The van der Waals surface area contributed by atoms with E-state index in [0.717, 1.165) is 29.5 Å². The number of amides is 1. The van der Waals surface area contributed by atoms with Crippen molar-refractivity contribution in [3.8, 4) is 10.7 Å². The fourth-order valence-electron chi connectivity index (χ4n) is 4.26. The van der Waals surface area contributed by atoms with E-state index >= 15 is 0 Å². The molecule has 5 rings (SSSR count). The number of carbonyl (C=O) groups is 1. The van der Waals surface area contributed by atoms with Gasteiger partial charge in [0.2, 0.25) is 5.91 Å². The van der Waals surface area contributed by atoms with E-state index < -0.39 is 0 Å². The number of thioether (sulfide) groups is 1. The van der Waals surface area contributed by atoms with Crippen LogP contribution >= 0.6 is 23.1 Å². The SMILES string of the molecule is CCC1CCc2sc(-c3nnc(SC(C)C(=O)Nc4ccc5[nH]c(=O)[nH]c5c4)n3C)cc2C1. The highest BCUT2D eigenvalue weighted by Crippen LogP contribution is 2.38. The summed E-state index contributed by atoms with van der Waals surface area (Å²) in [5.74, 6) is 1.49. The number of hydrogen-bond donors (Lipinski definition) is 3. The number of aromatic amines is 2. The lowest BCUT2D eigenvalue weighted by Crippen LogP contribution is -2.22. The predicted molar refractivity (Wildman–Crippen MR) is 133 cm³/mol. The quantitative estimate of drug-likeness (QED) is 0.354. The van der Waals surface area contributed by atoms with Crippen molar-refractivity contribution >= 4 is 45.7 Å². The maximum Gasteiger partial charge on any atom is 0.323 e. The monoisotopic (exact) mass is 482 g/mol. The van der Waals surface area contributed by atoms with Gasteiger partial charge in [0.1, 0.15) is 0 Å². The van der Waals surface area contributed by atoms with Crippen LogP contribution in [-0.2, 0) is 24.7 Å². The molecule has 0 saturated carbocycles. The van der Waals surface area contributed by atoms with Crippen LogP contribution in [0.3, 0.4) is 0 Å². The molecule has 1 aliphatic rings. The zero-order chi connectivity index (χ0) is 23.1. The lowest BCUT2D eigenvalue weighted by molar-refractivity contribution is -0.115. The van der Waals surface area contributed by atoms with Crippen molar-refractivity contribution < 1.29 is 4.79 Å². The number of nitrogens with one attached hydrogen (secondary N) is 3. The number of aromatic nitrogens is 5. The summed E-state index contributed by atoms with van der Waals surface area (Å²) in [5, 5.41) is 12.0. The van der Waals surface area contributed by atoms with Crippen molar-refractivity contribution in [3.05, 3.63) is 45.2 Å². The van der Waals surface area contributed by atoms with Crippen molar-refractivity contribution in [2.45, 2.75) is 49.9 Å². The molecule has 0 radical (unpaired) electrons. The second kappa shape index (κ2) is 8.83. The van der Waals surface area contributed by atoms with Gasteiger partial charge in [-0.3, -0.25) is 4.79 Å². The van der Waals surface area contributed by atoms with E-state index in [0.29, 0.717) is 21.9 Å². The van der Waals surface area contributed by atoms with Gasteiger partial charge in [-0.2, -0.15) is 0 Å². The van der Waals surface area contributed by atoms with E-state index in [1.807, 2.05) is 29.9 Å². The molecule has 1 amide bonds. The molecule has 8 nitrogen and oxygen atoms in total. The molecule has 0 spiro atoms. The highest BCUT2D eigenvalue weighted by molar-refractivity contribution is 8.00. The molecule has 3 aromatic heterocycles. The molecular weight excluding hydrogens is 456 g/mol. The maximum absolute atomic E-state index is 12.8. The highest BCUT2D eigenvalue weighted by Gasteiger charge is 2.24. The summed E-state index contributed by atoms with van der Waals surface area (Å²) < 4.78 is 1.97. The standard InChI is InChI=1S/C23H26N6O2S2/c1-4-13-5-8-18-14(9-13)10-19(33-18)20-27-28-23(29(20)3)32-12(2)21(30)24-15-6-7-16-17(11-15)26-22(31)25-16/h6-7,10-13H,4-5,8-9H2,1-3H3,(H,24,30)(H2,25,26,31). The first-order valence-corrected chi connectivity index (χ1v) is 12.8. The Balaban J connectivity index is 1.28. The second-order valence-corrected chi connectivity index (χ2v) is 11.0. The Morgan fingerprint density at radius 1 is 1.30 bits per heavy atom. The molecule has 3 heterocycles. The molecule has 2 unspecified atom stereocenters. The molecule has 1 aromatic carbocycles. The summed E-state index contributed by atoms with van der Waals surface area (Å²) in [5.41, 5.74) is 3.17. The summed E-state index contributed by atoms with van der Waals surface area (Å²) in [4.78, 5) is 32.2. The van der Waals surface area contributed by atoms with Crippen molar-refractivity contribution in [2.75, 3.05) is 5.32 Å². The Labute approximate surface area is 199 Å². The zero-order valence-electron chi connectivity index (χ0n) is 18.8. The van der Waals surface area contributed by atoms with Crippen LogP contribution in [0.5, 0.6) is 0 Å². The minimum Gasteiger partial charge on any atom is -0.325 e. The third kappa shape index (κ3) is 4.37. The Bertz CT molecular complexity index is 1380. The molecule has 172 valence electrons. The lowest BCUT2D eigenvalue weighted by Gasteiger charge is -2.19. The van der Waals surface area contributed by atoms with Crippen LogP contribution in [0.4, 0.5) is 5.69 Å². The Kier molecular flexibility index (Phi) is 5.88. The van der Waals surface area contributed by atoms with Crippen molar-refractivity contribution in [3.63, 3.8) is 0 Å². The van der Waals surface area contributed by atoms with Crippen LogP contribution in [0.2, 0.25) is 0 Å². The first-order valence-electron chi connectivity index (χ1n) is 11.1. The molecule has 2 atom stereocenters. The number of rotatable bonds is 6. The van der Waals surface area contributed by atoms with Crippen molar-refractivity contribution in [1.29, 1.82) is 0 Å². The minimum absolute atomic E-state index is 0.140. The summed E-state index contributed by atoms with van der Waals surface area (Å²) in [6, 6.07) is 7.55. The number of aryl methyl sites for hydroxylation is 1. The Morgan fingerprint density at radius 2 is 2.12 bits per heavy atom. The van der Waals surface area contributed by atoms with Crippen LogP contribution in [-0.4, -0.2) is 35.9 Å². The smallest absolute Gasteiger partial charge is 0.323 e. The average molecular weight is 483 g/mol. The number of imidazole rings is 1. The van der Waals surface area contributed by atoms with E-state index in [4.69, 9.17) is 0 Å². The Hall–Kier alpha value is -2.85. The summed E-state index contributed by atoms with van der Waals surface area (Å²) in [7, 11) is 1.95. The molecule has 33 heavy (non-hydrogen) atoms. The number of hydrogen-bond acceptors (Lipinski definition) is 6. The number of fused-ring (bicyclic) bond motifs is 2. The summed E-state index contributed by atoms with van der Waals surface area (Å²) in [6.45, 7) is 4.12. The molecule has 1 aliphatic carbocycles. The first-order chi connectivity index (χ1) is 15.9. The van der Waals surface area contributed by atoms with Crippen LogP contribution in [0.15, 0.2) is 34.2 Å². The normalized spacial score (nSPS) is 16.6. The summed E-state index contributed by atoms with van der Waals surface area (Å²) >= 11 is 3.20. The number of anilines is 1. The number of nitrogens with zero attached hydrogens (tertiary/aromatic N) is 3. The van der Waals surface area contributed by atoms with Crippen molar-refractivity contribution in [1.82, 2.24) is 24.7 Å². The van der Waals surface area contributed by atoms with Crippen LogP contribution in [0, 0.1) is 5.92 Å². The van der Waals surface area contributed by atoms with E-state index in [-0.39, 0.29) is 16.8 Å². The predicted octanol–water partition coefficient (Wildman–Crippen LogP) is 4.35. The molecule has 10 heteroatoms. The van der Waals surface area contributed by atoms with Gasteiger partial charge in [0.25, 0.3) is 0 Å². The Morgan fingerprint density at radius 3 is 2.94 bits per heavy atom.